The van der Waals surface area contributed by atoms with Crippen LogP contribution in [0.1, 0.15) is 24.1 Å². The van der Waals surface area contributed by atoms with Crippen molar-refractivity contribution in [2.24, 2.45) is 5.92 Å². The summed E-state index contributed by atoms with van der Waals surface area (Å²) in [5.41, 5.74) is 2.47. The van der Waals surface area contributed by atoms with Crippen molar-refractivity contribution in [1.82, 2.24) is 19.6 Å². The van der Waals surface area contributed by atoms with Crippen LogP contribution in [0, 0.1) is 12.8 Å². The van der Waals surface area contributed by atoms with Gasteiger partial charge in [0.2, 0.25) is 0 Å². The Bertz CT molecular complexity index is 485. The average Bonchev–Trinajstić information content (AvgIpc) is 2.94. The Morgan fingerprint density at radius 3 is 2.83 bits per heavy atom. The van der Waals surface area contributed by atoms with E-state index >= 15 is 0 Å². The molecule has 0 saturated carbocycles. The van der Waals surface area contributed by atoms with Crippen LogP contribution in [0.4, 0.5) is 0 Å². The fraction of sp³-hybridized carbons (Fsp3) is 0.824. The molecular formula is C17H30N4O2. The van der Waals surface area contributed by atoms with Gasteiger partial charge in [-0.3, -0.25) is 9.58 Å². The number of rotatable bonds is 6. The molecule has 2 saturated heterocycles. The minimum absolute atomic E-state index is 0.321. The van der Waals surface area contributed by atoms with Gasteiger partial charge in [-0.1, -0.05) is 0 Å². The third kappa shape index (κ3) is 4.76. The molecule has 0 amide bonds. The molecule has 2 aliphatic heterocycles. The van der Waals surface area contributed by atoms with Crippen LogP contribution in [0.2, 0.25) is 0 Å². The maximum atomic E-state index is 9.33. The first-order chi connectivity index (χ1) is 11.2. The van der Waals surface area contributed by atoms with Crippen molar-refractivity contribution < 1.29 is 9.84 Å². The smallest absolute Gasteiger partial charge is 0.0638 e. The van der Waals surface area contributed by atoms with Gasteiger partial charge in [0.05, 0.1) is 25.5 Å². The summed E-state index contributed by atoms with van der Waals surface area (Å²) in [6.45, 7) is 11.2. The van der Waals surface area contributed by atoms with Gasteiger partial charge in [0.15, 0.2) is 0 Å². The van der Waals surface area contributed by atoms with Crippen LogP contribution in [-0.4, -0.2) is 77.2 Å². The zero-order valence-electron chi connectivity index (χ0n) is 14.3. The summed E-state index contributed by atoms with van der Waals surface area (Å²) in [5, 5.41) is 14.0. The summed E-state index contributed by atoms with van der Waals surface area (Å²) in [6, 6.07) is 0. The Morgan fingerprint density at radius 1 is 1.22 bits per heavy atom. The molecule has 2 aliphatic rings. The van der Waals surface area contributed by atoms with Gasteiger partial charge in [0, 0.05) is 51.1 Å². The molecule has 0 spiro atoms. The molecule has 3 rings (SSSR count). The zero-order chi connectivity index (χ0) is 16.1. The van der Waals surface area contributed by atoms with Crippen molar-refractivity contribution in [1.29, 1.82) is 0 Å². The molecule has 0 radical (unpaired) electrons. The largest absolute Gasteiger partial charge is 0.396 e. The van der Waals surface area contributed by atoms with E-state index in [0.29, 0.717) is 12.5 Å². The van der Waals surface area contributed by atoms with E-state index in [1.165, 1.54) is 12.0 Å². The van der Waals surface area contributed by atoms with Gasteiger partial charge in [-0.25, -0.2) is 0 Å². The predicted molar refractivity (Wildman–Crippen MR) is 89.3 cm³/mol. The lowest BCUT2D eigenvalue weighted by atomic mass is 9.99. The molecule has 1 aromatic heterocycles. The summed E-state index contributed by atoms with van der Waals surface area (Å²) < 4.78 is 7.50. The number of hydrogen-bond donors (Lipinski definition) is 1. The first-order valence-electron chi connectivity index (χ1n) is 8.91. The van der Waals surface area contributed by atoms with Crippen LogP contribution in [-0.2, 0) is 17.8 Å². The molecule has 0 bridgehead atoms. The Morgan fingerprint density at radius 2 is 2.04 bits per heavy atom. The molecule has 0 aliphatic carbocycles. The molecule has 1 aromatic rings. The topological polar surface area (TPSA) is 53.8 Å². The molecule has 2 fully saturated rings. The molecule has 130 valence electrons. The molecular weight excluding hydrogens is 292 g/mol. The summed E-state index contributed by atoms with van der Waals surface area (Å²) in [4.78, 5) is 4.90. The lowest BCUT2D eigenvalue weighted by Crippen LogP contribution is -2.38. The third-order valence-corrected chi connectivity index (χ3v) is 5.05. The van der Waals surface area contributed by atoms with E-state index in [1.807, 2.05) is 0 Å². The molecule has 3 heterocycles. The Labute approximate surface area is 139 Å². The lowest BCUT2D eigenvalue weighted by molar-refractivity contribution is 0.0341. The van der Waals surface area contributed by atoms with Crippen LogP contribution >= 0.6 is 0 Å². The number of aromatic nitrogens is 2. The molecule has 1 atom stereocenters. The van der Waals surface area contributed by atoms with Crippen molar-refractivity contribution in [2.45, 2.75) is 32.9 Å². The van der Waals surface area contributed by atoms with E-state index in [1.54, 1.807) is 0 Å². The number of aliphatic hydroxyl groups excluding tert-OH is 1. The summed E-state index contributed by atoms with van der Waals surface area (Å²) in [5.74, 6) is 0.458. The lowest BCUT2D eigenvalue weighted by Gasteiger charge is -2.31. The SMILES string of the molecule is Cc1nn(CCN2CCC[C@H](CO)C2)cc1CN1CCOCC1. The summed E-state index contributed by atoms with van der Waals surface area (Å²) in [6.07, 6.45) is 4.57. The summed E-state index contributed by atoms with van der Waals surface area (Å²) >= 11 is 0. The van der Waals surface area contributed by atoms with E-state index in [0.717, 1.165) is 71.1 Å². The van der Waals surface area contributed by atoms with Gasteiger partial charge in [-0.2, -0.15) is 5.10 Å². The van der Waals surface area contributed by atoms with Crippen LogP contribution in [0.3, 0.4) is 0 Å². The highest BCUT2D eigenvalue weighted by Crippen LogP contribution is 2.16. The molecule has 6 heteroatoms. The normalized spacial score (nSPS) is 24.2. The van der Waals surface area contributed by atoms with Gasteiger partial charge < -0.3 is 14.7 Å². The molecule has 0 unspecified atom stereocenters. The number of aryl methyl sites for hydroxylation is 1. The van der Waals surface area contributed by atoms with E-state index in [9.17, 15) is 5.11 Å². The highest BCUT2D eigenvalue weighted by atomic mass is 16.5. The number of piperidine rings is 1. The van der Waals surface area contributed by atoms with Crippen LogP contribution in [0.5, 0.6) is 0 Å². The van der Waals surface area contributed by atoms with Gasteiger partial charge in [-0.15, -0.1) is 0 Å². The molecule has 6 nitrogen and oxygen atoms in total. The average molecular weight is 322 g/mol. The molecule has 1 N–H and O–H groups in total. The van der Waals surface area contributed by atoms with Gasteiger partial charge >= 0.3 is 0 Å². The maximum absolute atomic E-state index is 9.33. The Balaban J connectivity index is 1.49. The van der Waals surface area contributed by atoms with Crippen molar-refractivity contribution in [2.75, 3.05) is 52.5 Å². The van der Waals surface area contributed by atoms with Crippen molar-refractivity contribution in [3.63, 3.8) is 0 Å². The standard InChI is InChI=1S/C17H30N4O2/c1-15-17(12-20-7-9-23-10-8-20)13-21(18-15)6-5-19-4-2-3-16(11-19)14-22/h13,16,22H,2-12,14H2,1H3/t16-/m0/s1. The van der Waals surface area contributed by atoms with E-state index in [-0.39, 0.29) is 0 Å². The van der Waals surface area contributed by atoms with Gasteiger partial charge in [0.25, 0.3) is 0 Å². The quantitative estimate of drug-likeness (QED) is 0.837. The number of morpholine rings is 1. The third-order valence-electron chi connectivity index (χ3n) is 5.05. The first-order valence-corrected chi connectivity index (χ1v) is 8.91. The van der Waals surface area contributed by atoms with E-state index in [4.69, 9.17) is 4.74 Å². The van der Waals surface area contributed by atoms with Crippen molar-refractivity contribution in [3.05, 3.63) is 17.5 Å². The maximum Gasteiger partial charge on any atom is 0.0638 e. The van der Waals surface area contributed by atoms with E-state index in [2.05, 4.69) is 32.7 Å². The Hall–Kier alpha value is -0.950. The number of nitrogens with zero attached hydrogens (tertiary/aromatic N) is 4. The molecule has 0 aromatic carbocycles. The van der Waals surface area contributed by atoms with Gasteiger partial charge in [-0.05, 0) is 32.2 Å². The van der Waals surface area contributed by atoms with Gasteiger partial charge in [0.1, 0.15) is 0 Å². The summed E-state index contributed by atoms with van der Waals surface area (Å²) in [7, 11) is 0. The second-order valence-corrected chi connectivity index (χ2v) is 6.88. The van der Waals surface area contributed by atoms with Crippen molar-refractivity contribution in [3.8, 4) is 0 Å². The number of hydrogen-bond acceptors (Lipinski definition) is 5. The fourth-order valence-corrected chi connectivity index (χ4v) is 3.58. The Kier molecular flexibility index (Phi) is 6.05. The minimum atomic E-state index is 0.321. The second kappa shape index (κ2) is 8.24. The predicted octanol–water partition coefficient (Wildman–Crippen LogP) is 0.728. The number of likely N-dealkylation sites (tertiary alicyclic amines) is 1. The van der Waals surface area contributed by atoms with Crippen LogP contribution < -0.4 is 0 Å². The highest BCUT2D eigenvalue weighted by molar-refractivity contribution is 5.15. The highest BCUT2D eigenvalue weighted by Gasteiger charge is 2.19. The second-order valence-electron chi connectivity index (χ2n) is 6.88. The van der Waals surface area contributed by atoms with Crippen molar-refractivity contribution >= 4 is 0 Å². The zero-order valence-corrected chi connectivity index (χ0v) is 14.3. The number of aliphatic hydroxyl groups is 1. The van der Waals surface area contributed by atoms with Crippen LogP contribution in [0.25, 0.3) is 0 Å². The molecule has 23 heavy (non-hydrogen) atoms. The van der Waals surface area contributed by atoms with Crippen LogP contribution in [0.15, 0.2) is 6.20 Å². The first kappa shape index (κ1) is 16.9. The fourth-order valence-electron chi connectivity index (χ4n) is 3.58. The van der Waals surface area contributed by atoms with E-state index < -0.39 is 0 Å². The monoisotopic (exact) mass is 322 g/mol. The number of ether oxygens (including phenoxy) is 1. The minimum Gasteiger partial charge on any atom is -0.396 e.